The molecule has 0 radical (unpaired) electrons. The minimum Gasteiger partial charge on any atom is -0.461 e. The molecule has 2 amide bonds. The minimum absolute atomic E-state index is 0.301. The molecule has 3 rings (SSSR count). The van der Waals surface area contributed by atoms with Gasteiger partial charge < -0.3 is 15.1 Å². The smallest absolute Gasteiger partial charge is 0.319 e. The number of hydrogen-bond acceptors (Lipinski definition) is 3. The van der Waals surface area contributed by atoms with E-state index in [-0.39, 0.29) is 6.03 Å². The van der Waals surface area contributed by atoms with Crippen LogP contribution in [0.2, 0.25) is 0 Å². The quantitative estimate of drug-likeness (QED) is 0.745. The molecule has 0 fully saturated rings. The highest BCUT2D eigenvalue weighted by molar-refractivity contribution is 7.84. The minimum atomic E-state index is -1.08. The highest BCUT2D eigenvalue weighted by atomic mass is 32.2. The zero-order chi connectivity index (χ0) is 16.9. The van der Waals surface area contributed by atoms with E-state index in [4.69, 9.17) is 4.42 Å². The zero-order valence-electron chi connectivity index (χ0n) is 13.2. The Balaban J connectivity index is 1.52. The number of nitrogens with one attached hydrogen (secondary N) is 2. The molecule has 0 unspecified atom stereocenters. The molecule has 0 aliphatic heterocycles. The first-order valence-electron chi connectivity index (χ1n) is 7.57. The molecule has 0 saturated carbocycles. The van der Waals surface area contributed by atoms with E-state index >= 15 is 0 Å². The maximum atomic E-state index is 11.9. The van der Waals surface area contributed by atoms with Gasteiger partial charge in [0.25, 0.3) is 0 Å². The van der Waals surface area contributed by atoms with Crippen molar-refractivity contribution in [2.75, 3.05) is 18.1 Å². The van der Waals surface area contributed by atoms with Gasteiger partial charge in [-0.2, -0.15) is 0 Å². The summed E-state index contributed by atoms with van der Waals surface area (Å²) in [5, 5.41) is 6.58. The van der Waals surface area contributed by atoms with E-state index in [0.29, 0.717) is 23.5 Å². The van der Waals surface area contributed by atoms with Gasteiger partial charge in [0.2, 0.25) is 0 Å². The Morgan fingerprint density at radius 1 is 1.12 bits per heavy atom. The number of benzene rings is 2. The molecule has 2 N–H and O–H groups in total. The van der Waals surface area contributed by atoms with Gasteiger partial charge in [-0.05, 0) is 30.3 Å². The third kappa shape index (κ3) is 4.02. The van der Waals surface area contributed by atoms with Crippen LogP contribution in [0.4, 0.5) is 10.5 Å². The van der Waals surface area contributed by atoms with E-state index in [1.54, 1.807) is 30.5 Å². The topological polar surface area (TPSA) is 71.3 Å². The molecule has 0 saturated heterocycles. The molecule has 6 heteroatoms. The second-order valence-electron chi connectivity index (χ2n) is 5.36. The van der Waals surface area contributed by atoms with E-state index in [9.17, 15) is 9.00 Å². The number of hydrogen-bond donors (Lipinski definition) is 2. The normalized spacial score (nSPS) is 12.0. The second-order valence-corrected chi connectivity index (χ2v) is 6.74. The fourth-order valence-corrected chi connectivity index (χ4v) is 2.95. The summed E-state index contributed by atoms with van der Waals surface area (Å²) in [4.78, 5) is 12.6. The monoisotopic (exact) mass is 342 g/mol. The van der Waals surface area contributed by atoms with Crippen LogP contribution in [0, 0.1) is 0 Å². The van der Waals surface area contributed by atoms with Crippen LogP contribution in [0.15, 0.2) is 63.9 Å². The molecule has 0 spiro atoms. The number of amides is 2. The molecule has 1 heterocycles. The molecule has 0 aliphatic rings. The summed E-state index contributed by atoms with van der Waals surface area (Å²) in [6, 6.07) is 16.5. The lowest BCUT2D eigenvalue weighted by molar-refractivity contribution is 0.252. The summed E-state index contributed by atoms with van der Waals surface area (Å²) in [6.07, 6.45) is 2.22. The van der Waals surface area contributed by atoms with E-state index in [1.165, 1.54) is 0 Å². The molecular weight excluding hydrogens is 324 g/mol. The molecule has 3 aromatic rings. The van der Waals surface area contributed by atoms with Crippen LogP contribution in [-0.2, 0) is 17.2 Å². The summed E-state index contributed by atoms with van der Waals surface area (Å²) in [6.45, 7) is 0.463. The molecule has 1 atom stereocenters. The van der Waals surface area contributed by atoms with Crippen molar-refractivity contribution in [3.8, 4) is 0 Å². The number of carbonyl (C=O) groups excluding carboxylic acids is 1. The molecular formula is C18H18N2O3S. The summed E-state index contributed by atoms with van der Waals surface area (Å²) >= 11 is 0. The van der Waals surface area contributed by atoms with Crippen LogP contribution in [-0.4, -0.2) is 23.0 Å². The first-order chi connectivity index (χ1) is 11.6. The van der Waals surface area contributed by atoms with Gasteiger partial charge in [-0.1, -0.05) is 24.3 Å². The Bertz CT molecular complexity index is 856. The Kier molecular flexibility index (Phi) is 4.96. The van der Waals surface area contributed by atoms with Gasteiger partial charge in [-0.3, -0.25) is 4.21 Å². The average molecular weight is 342 g/mol. The zero-order valence-corrected chi connectivity index (χ0v) is 14.1. The molecule has 24 heavy (non-hydrogen) atoms. The first-order valence-corrected chi connectivity index (χ1v) is 9.13. The number of para-hydroxylation sites is 1. The van der Waals surface area contributed by atoms with Crippen molar-refractivity contribution in [3.63, 3.8) is 0 Å². The molecule has 2 aromatic carbocycles. The fraction of sp³-hybridized carbons (Fsp3) is 0.167. The summed E-state index contributed by atoms with van der Waals surface area (Å²) in [7, 11) is -1.08. The van der Waals surface area contributed by atoms with Crippen LogP contribution in [0.3, 0.4) is 0 Å². The predicted molar refractivity (Wildman–Crippen MR) is 95.7 cm³/mol. The maximum Gasteiger partial charge on any atom is 0.319 e. The fourth-order valence-electron chi connectivity index (χ4n) is 2.39. The lowest BCUT2D eigenvalue weighted by Gasteiger charge is -2.07. The third-order valence-corrected chi connectivity index (χ3v) is 4.48. The Morgan fingerprint density at radius 2 is 1.96 bits per heavy atom. The lowest BCUT2D eigenvalue weighted by Crippen LogP contribution is -2.30. The van der Waals surface area contributed by atoms with Crippen molar-refractivity contribution in [1.29, 1.82) is 0 Å². The van der Waals surface area contributed by atoms with Crippen molar-refractivity contribution >= 4 is 33.5 Å². The van der Waals surface area contributed by atoms with Crippen LogP contribution in [0.25, 0.3) is 11.0 Å². The Morgan fingerprint density at radius 3 is 2.75 bits per heavy atom. The van der Waals surface area contributed by atoms with Gasteiger partial charge >= 0.3 is 6.03 Å². The number of carbonyl (C=O) groups is 1. The predicted octanol–water partition coefficient (Wildman–Crippen LogP) is 3.53. The number of fused-ring (bicyclic) bond motifs is 1. The van der Waals surface area contributed by atoms with Crippen LogP contribution in [0.5, 0.6) is 0 Å². The highest BCUT2D eigenvalue weighted by Gasteiger charge is 2.06. The van der Waals surface area contributed by atoms with Crippen molar-refractivity contribution < 1.29 is 13.4 Å². The number of anilines is 1. The Hall–Kier alpha value is -2.60. The van der Waals surface area contributed by atoms with Gasteiger partial charge in [-0.15, -0.1) is 0 Å². The van der Waals surface area contributed by atoms with E-state index in [0.717, 1.165) is 16.7 Å². The SMILES string of the molecule is C[S@@](=O)c1cccc(NC(=O)NCCc2cc3ccccc3o2)c1. The van der Waals surface area contributed by atoms with Crippen LogP contribution in [0.1, 0.15) is 5.76 Å². The molecule has 1 aromatic heterocycles. The third-order valence-electron chi connectivity index (χ3n) is 3.56. The second kappa shape index (κ2) is 7.31. The van der Waals surface area contributed by atoms with Crippen LogP contribution < -0.4 is 10.6 Å². The number of rotatable bonds is 5. The highest BCUT2D eigenvalue weighted by Crippen LogP contribution is 2.18. The van der Waals surface area contributed by atoms with E-state index < -0.39 is 10.8 Å². The van der Waals surface area contributed by atoms with Gasteiger partial charge in [0.05, 0.1) is 0 Å². The van der Waals surface area contributed by atoms with Gasteiger partial charge in [0.1, 0.15) is 11.3 Å². The van der Waals surface area contributed by atoms with Crippen LogP contribution >= 0.6 is 0 Å². The number of urea groups is 1. The van der Waals surface area contributed by atoms with Crippen molar-refractivity contribution in [1.82, 2.24) is 5.32 Å². The summed E-state index contributed by atoms with van der Waals surface area (Å²) < 4.78 is 17.2. The average Bonchev–Trinajstić information content (AvgIpc) is 2.97. The van der Waals surface area contributed by atoms with Crippen molar-refractivity contribution in [3.05, 3.63) is 60.4 Å². The largest absolute Gasteiger partial charge is 0.461 e. The van der Waals surface area contributed by atoms with E-state index in [1.807, 2.05) is 30.3 Å². The van der Waals surface area contributed by atoms with Gasteiger partial charge in [0.15, 0.2) is 0 Å². The van der Waals surface area contributed by atoms with E-state index in [2.05, 4.69) is 10.6 Å². The molecule has 0 bridgehead atoms. The molecule has 124 valence electrons. The molecule has 0 aliphatic carbocycles. The lowest BCUT2D eigenvalue weighted by atomic mass is 10.2. The maximum absolute atomic E-state index is 11.9. The summed E-state index contributed by atoms with van der Waals surface area (Å²) in [5.74, 6) is 0.833. The van der Waals surface area contributed by atoms with Crippen molar-refractivity contribution in [2.45, 2.75) is 11.3 Å². The number of furan rings is 1. The molecule has 5 nitrogen and oxygen atoms in total. The van der Waals surface area contributed by atoms with Crippen molar-refractivity contribution in [2.24, 2.45) is 0 Å². The van der Waals surface area contributed by atoms with Gasteiger partial charge in [0, 0.05) is 46.0 Å². The van der Waals surface area contributed by atoms with Gasteiger partial charge in [-0.25, -0.2) is 4.79 Å². The Labute approximate surface area is 142 Å². The standard InChI is InChI=1S/C18H18N2O3S/c1-24(22)16-7-4-6-14(12-16)20-18(21)19-10-9-15-11-13-5-2-3-8-17(13)23-15/h2-8,11-12H,9-10H2,1H3,(H2,19,20,21)/t24-/m1/s1. The first kappa shape index (κ1) is 16.3. The summed E-state index contributed by atoms with van der Waals surface area (Å²) in [5.41, 5.74) is 1.46.